The molecule has 1 aliphatic rings. The molecule has 156 valence electrons. The first-order valence-electron chi connectivity index (χ1n) is 9.87. The van der Waals surface area contributed by atoms with Gasteiger partial charge < -0.3 is 20.7 Å². The fourth-order valence-corrected chi connectivity index (χ4v) is 5.09. The number of aryl methyl sites for hydroxylation is 2. The van der Waals surface area contributed by atoms with Crippen LogP contribution in [-0.2, 0) is 17.8 Å². The summed E-state index contributed by atoms with van der Waals surface area (Å²) in [7, 11) is 0. The Kier molecular flexibility index (Phi) is 6.88. The molecule has 1 aliphatic heterocycles. The van der Waals surface area contributed by atoms with Gasteiger partial charge in [-0.25, -0.2) is 0 Å². The van der Waals surface area contributed by atoms with Crippen LogP contribution in [-0.4, -0.2) is 39.8 Å². The Hall–Kier alpha value is -2.02. The molecule has 0 atom stereocenters. The van der Waals surface area contributed by atoms with Crippen LogP contribution >= 0.6 is 11.8 Å². The van der Waals surface area contributed by atoms with E-state index in [1.165, 1.54) is 0 Å². The van der Waals surface area contributed by atoms with Crippen LogP contribution < -0.4 is 10.5 Å². The number of benzene rings is 2. The summed E-state index contributed by atoms with van der Waals surface area (Å²) < 4.78 is 5.97. The highest BCUT2D eigenvalue weighted by molar-refractivity contribution is 7.99. The van der Waals surface area contributed by atoms with Gasteiger partial charge in [0.05, 0.1) is 13.0 Å². The summed E-state index contributed by atoms with van der Waals surface area (Å²) in [5, 5.41) is 20.2. The number of aliphatic hydroxyl groups is 2. The van der Waals surface area contributed by atoms with Crippen molar-refractivity contribution < 1.29 is 19.7 Å². The molecule has 5 nitrogen and oxygen atoms in total. The quantitative estimate of drug-likeness (QED) is 0.646. The summed E-state index contributed by atoms with van der Waals surface area (Å²) in [6, 6.07) is 9.50. The maximum Gasteiger partial charge on any atom is 0.221 e. The predicted molar refractivity (Wildman–Crippen MR) is 117 cm³/mol. The lowest BCUT2D eigenvalue weighted by atomic mass is 9.89. The zero-order chi connectivity index (χ0) is 21.0. The van der Waals surface area contributed by atoms with Gasteiger partial charge in [-0.15, -0.1) is 0 Å². The normalized spacial score (nSPS) is 15.9. The van der Waals surface area contributed by atoms with Crippen LogP contribution in [0.2, 0.25) is 0 Å². The largest absolute Gasteiger partial charge is 0.491 e. The van der Waals surface area contributed by atoms with E-state index in [1.54, 1.807) is 0 Å². The first-order chi connectivity index (χ1) is 13.8. The molecule has 0 aromatic heterocycles. The van der Waals surface area contributed by atoms with E-state index < -0.39 is 11.5 Å². The number of ether oxygens (including phenoxy) is 1. The Balaban J connectivity index is 1.90. The SMILES string of the molecule is Cc1cc(OCC2(O)CCSCC2)cc(C)c1-c1cc(CO)ccc1CC(N)=O. The van der Waals surface area contributed by atoms with Crippen molar-refractivity contribution in [3.05, 3.63) is 52.6 Å². The number of primary amides is 1. The number of carbonyl (C=O) groups excluding carboxylic acids is 1. The third kappa shape index (κ3) is 5.32. The number of amides is 1. The second kappa shape index (κ2) is 9.20. The number of thioether (sulfide) groups is 1. The molecule has 0 unspecified atom stereocenters. The second-order valence-electron chi connectivity index (χ2n) is 7.85. The average Bonchev–Trinajstić information content (AvgIpc) is 2.67. The van der Waals surface area contributed by atoms with Crippen molar-refractivity contribution in [3.63, 3.8) is 0 Å². The van der Waals surface area contributed by atoms with E-state index in [2.05, 4.69) is 0 Å². The van der Waals surface area contributed by atoms with Gasteiger partial charge in [-0.2, -0.15) is 11.8 Å². The van der Waals surface area contributed by atoms with E-state index >= 15 is 0 Å². The first kappa shape index (κ1) is 21.7. The molecule has 6 heteroatoms. The van der Waals surface area contributed by atoms with Crippen LogP contribution in [0.3, 0.4) is 0 Å². The van der Waals surface area contributed by atoms with E-state index in [9.17, 15) is 15.0 Å². The van der Waals surface area contributed by atoms with Crippen molar-refractivity contribution in [3.8, 4) is 16.9 Å². The number of aliphatic hydroxyl groups excluding tert-OH is 1. The zero-order valence-corrected chi connectivity index (χ0v) is 17.8. The van der Waals surface area contributed by atoms with Crippen LogP contribution in [0, 0.1) is 13.8 Å². The van der Waals surface area contributed by atoms with Gasteiger partial charge in [-0.05, 0) is 89.8 Å². The van der Waals surface area contributed by atoms with Crippen LogP contribution in [0.1, 0.15) is 35.1 Å². The molecule has 3 rings (SSSR count). The highest BCUT2D eigenvalue weighted by Gasteiger charge is 2.30. The van der Waals surface area contributed by atoms with Crippen molar-refractivity contribution in [1.82, 2.24) is 0 Å². The molecule has 1 saturated heterocycles. The minimum absolute atomic E-state index is 0.0694. The minimum Gasteiger partial charge on any atom is -0.491 e. The standard InChI is InChI=1S/C23H29NO4S/c1-15-9-19(28-14-23(27)5-7-29-8-6-23)10-16(2)22(15)20-11-17(13-25)3-4-18(20)12-21(24)26/h3-4,9-11,25,27H,5-8,12-14H2,1-2H3,(H2,24,26). The van der Waals surface area contributed by atoms with Gasteiger partial charge in [0.1, 0.15) is 18.0 Å². The molecule has 0 saturated carbocycles. The lowest BCUT2D eigenvalue weighted by Gasteiger charge is -2.31. The number of carbonyl (C=O) groups is 1. The Bertz CT molecular complexity index is 867. The smallest absolute Gasteiger partial charge is 0.221 e. The van der Waals surface area contributed by atoms with Crippen molar-refractivity contribution >= 4 is 17.7 Å². The zero-order valence-electron chi connectivity index (χ0n) is 17.0. The van der Waals surface area contributed by atoms with E-state index in [-0.39, 0.29) is 13.0 Å². The number of nitrogens with two attached hydrogens (primary N) is 1. The highest BCUT2D eigenvalue weighted by Crippen LogP contribution is 2.35. The fourth-order valence-electron chi connectivity index (χ4n) is 3.84. The lowest BCUT2D eigenvalue weighted by Crippen LogP contribution is -2.39. The molecule has 0 aliphatic carbocycles. The van der Waals surface area contributed by atoms with Crippen molar-refractivity contribution in [2.75, 3.05) is 18.1 Å². The topological polar surface area (TPSA) is 92.8 Å². The molecule has 1 fully saturated rings. The molecule has 0 radical (unpaired) electrons. The maximum atomic E-state index is 11.5. The lowest BCUT2D eigenvalue weighted by molar-refractivity contribution is -0.117. The predicted octanol–water partition coefficient (Wildman–Crippen LogP) is 3.13. The monoisotopic (exact) mass is 415 g/mol. The van der Waals surface area contributed by atoms with Crippen molar-refractivity contribution in [2.24, 2.45) is 5.73 Å². The molecule has 0 spiro atoms. The summed E-state index contributed by atoms with van der Waals surface area (Å²) in [6.07, 6.45) is 1.64. The summed E-state index contributed by atoms with van der Waals surface area (Å²) in [6.45, 7) is 4.22. The van der Waals surface area contributed by atoms with E-state index in [4.69, 9.17) is 10.5 Å². The molecular formula is C23H29NO4S. The second-order valence-corrected chi connectivity index (χ2v) is 9.07. The third-order valence-corrected chi connectivity index (χ3v) is 6.41. The van der Waals surface area contributed by atoms with Gasteiger partial charge in [0.15, 0.2) is 0 Å². The Morgan fingerprint density at radius 2 is 1.83 bits per heavy atom. The van der Waals surface area contributed by atoms with Crippen LogP contribution in [0.15, 0.2) is 30.3 Å². The highest BCUT2D eigenvalue weighted by atomic mass is 32.2. The maximum absolute atomic E-state index is 11.5. The van der Waals surface area contributed by atoms with Gasteiger partial charge in [0, 0.05) is 0 Å². The third-order valence-electron chi connectivity index (χ3n) is 5.43. The van der Waals surface area contributed by atoms with Gasteiger partial charge in [0.25, 0.3) is 0 Å². The van der Waals surface area contributed by atoms with Crippen LogP contribution in [0.4, 0.5) is 0 Å². The molecule has 4 N–H and O–H groups in total. The van der Waals surface area contributed by atoms with Crippen LogP contribution in [0.25, 0.3) is 11.1 Å². The molecule has 1 amide bonds. The van der Waals surface area contributed by atoms with E-state index in [0.29, 0.717) is 6.61 Å². The van der Waals surface area contributed by atoms with Gasteiger partial charge in [-0.1, -0.05) is 12.1 Å². The van der Waals surface area contributed by atoms with Crippen LogP contribution in [0.5, 0.6) is 5.75 Å². The molecule has 2 aromatic rings. The van der Waals surface area contributed by atoms with Gasteiger partial charge in [-0.3, -0.25) is 4.79 Å². The average molecular weight is 416 g/mol. The Labute approximate surface area is 176 Å². The molecule has 2 aromatic carbocycles. The Morgan fingerprint density at radius 3 is 2.41 bits per heavy atom. The molecule has 1 heterocycles. The summed E-state index contributed by atoms with van der Waals surface area (Å²) >= 11 is 1.87. The van der Waals surface area contributed by atoms with E-state index in [1.807, 2.05) is 55.9 Å². The summed E-state index contributed by atoms with van der Waals surface area (Å²) in [5.41, 5.74) is 10.2. The number of hydrogen-bond acceptors (Lipinski definition) is 5. The Morgan fingerprint density at radius 1 is 1.17 bits per heavy atom. The first-order valence-corrected chi connectivity index (χ1v) is 11.0. The molecule has 29 heavy (non-hydrogen) atoms. The number of rotatable bonds is 7. The van der Waals surface area contributed by atoms with E-state index in [0.717, 1.165) is 63.5 Å². The number of hydrogen-bond donors (Lipinski definition) is 3. The van der Waals surface area contributed by atoms with Crippen molar-refractivity contribution in [1.29, 1.82) is 0 Å². The molecular weight excluding hydrogens is 386 g/mol. The summed E-state index contributed by atoms with van der Waals surface area (Å²) in [4.78, 5) is 11.5. The summed E-state index contributed by atoms with van der Waals surface area (Å²) in [5.74, 6) is 2.25. The minimum atomic E-state index is -0.754. The van der Waals surface area contributed by atoms with Gasteiger partial charge in [0.2, 0.25) is 5.91 Å². The fraction of sp³-hybridized carbons (Fsp3) is 0.435. The van der Waals surface area contributed by atoms with Gasteiger partial charge >= 0.3 is 0 Å². The van der Waals surface area contributed by atoms with Crippen molar-refractivity contribution in [2.45, 2.75) is 45.3 Å². The molecule has 0 bridgehead atoms.